The maximum absolute atomic E-state index is 13.4. The van der Waals surface area contributed by atoms with Crippen LogP contribution in [0.25, 0.3) is 0 Å². The van der Waals surface area contributed by atoms with Crippen LogP contribution in [0.5, 0.6) is 0 Å². The van der Waals surface area contributed by atoms with Crippen LogP contribution in [0.3, 0.4) is 0 Å². The minimum atomic E-state index is -1.53. The summed E-state index contributed by atoms with van der Waals surface area (Å²) in [5.74, 6) is -2.00. The molecule has 16 heavy (non-hydrogen) atoms. The van der Waals surface area contributed by atoms with Crippen molar-refractivity contribution >= 4 is 0 Å². The predicted octanol–water partition coefficient (Wildman–Crippen LogP) is 2.60. The Labute approximate surface area is 93.9 Å². The molecule has 0 radical (unpaired) electrons. The van der Waals surface area contributed by atoms with E-state index < -0.39 is 17.2 Å². The van der Waals surface area contributed by atoms with E-state index in [1.165, 1.54) is 19.1 Å². The van der Waals surface area contributed by atoms with E-state index in [4.69, 9.17) is 4.74 Å². The summed E-state index contributed by atoms with van der Waals surface area (Å²) in [6, 6.07) is 3.72. The van der Waals surface area contributed by atoms with Crippen molar-refractivity contribution in [1.82, 2.24) is 0 Å². The predicted molar refractivity (Wildman–Crippen MR) is 57.0 cm³/mol. The van der Waals surface area contributed by atoms with Crippen LogP contribution in [0.15, 0.2) is 18.2 Å². The molecule has 0 aliphatic carbocycles. The van der Waals surface area contributed by atoms with Gasteiger partial charge in [-0.1, -0.05) is 12.1 Å². The Morgan fingerprint density at radius 1 is 1.38 bits per heavy atom. The molecule has 1 atom stereocenters. The first kappa shape index (κ1) is 13.1. The Kier molecular flexibility index (Phi) is 3.99. The van der Waals surface area contributed by atoms with Crippen LogP contribution in [-0.4, -0.2) is 17.8 Å². The highest BCUT2D eigenvalue weighted by molar-refractivity contribution is 5.24. The molecular formula is C12H16F2O2. The molecular weight excluding hydrogens is 214 g/mol. The third-order valence-corrected chi connectivity index (χ3v) is 2.23. The first-order valence-corrected chi connectivity index (χ1v) is 5.13. The summed E-state index contributed by atoms with van der Waals surface area (Å²) < 4.78 is 31.6. The van der Waals surface area contributed by atoms with Crippen LogP contribution in [0.4, 0.5) is 8.78 Å². The fourth-order valence-corrected chi connectivity index (χ4v) is 1.33. The van der Waals surface area contributed by atoms with E-state index in [0.717, 1.165) is 6.07 Å². The molecule has 1 rings (SSSR count). The van der Waals surface area contributed by atoms with Gasteiger partial charge in [0.1, 0.15) is 5.60 Å². The Hall–Kier alpha value is -1.00. The minimum absolute atomic E-state index is 0.0783. The molecule has 0 aliphatic heterocycles. The van der Waals surface area contributed by atoms with Gasteiger partial charge in [0, 0.05) is 5.56 Å². The quantitative estimate of drug-likeness (QED) is 0.861. The smallest absolute Gasteiger partial charge is 0.164 e. The molecule has 0 spiro atoms. The lowest BCUT2D eigenvalue weighted by molar-refractivity contribution is -0.0594. The van der Waals surface area contributed by atoms with E-state index in [1.54, 1.807) is 13.8 Å². The first-order chi connectivity index (χ1) is 7.34. The molecule has 1 N–H and O–H groups in total. The van der Waals surface area contributed by atoms with Crippen LogP contribution in [0.1, 0.15) is 26.3 Å². The second-order valence-corrected chi connectivity index (χ2v) is 4.23. The van der Waals surface area contributed by atoms with Crippen molar-refractivity contribution in [2.75, 3.05) is 6.61 Å². The van der Waals surface area contributed by atoms with E-state index in [2.05, 4.69) is 0 Å². The van der Waals surface area contributed by atoms with Gasteiger partial charge in [-0.05, 0) is 26.8 Å². The van der Waals surface area contributed by atoms with Gasteiger partial charge in [0.2, 0.25) is 0 Å². The van der Waals surface area contributed by atoms with Gasteiger partial charge in [-0.2, -0.15) is 0 Å². The molecule has 0 amide bonds. The molecule has 1 unspecified atom stereocenters. The van der Waals surface area contributed by atoms with Gasteiger partial charge in [0.15, 0.2) is 11.6 Å². The normalized spacial score (nSPS) is 15.2. The topological polar surface area (TPSA) is 29.5 Å². The number of hydrogen-bond acceptors (Lipinski definition) is 2. The van der Waals surface area contributed by atoms with E-state index in [0.29, 0.717) is 0 Å². The lowest BCUT2D eigenvalue weighted by atomic mass is 9.96. The van der Waals surface area contributed by atoms with Crippen molar-refractivity contribution in [3.8, 4) is 0 Å². The molecule has 0 bridgehead atoms. The van der Waals surface area contributed by atoms with Crippen molar-refractivity contribution in [3.63, 3.8) is 0 Å². The highest BCUT2D eigenvalue weighted by Crippen LogP contribution is 2.25. The molecule has 0 fully saturated rings. The molecule has 2 nitrogen and oxygen atoms in total. The summed E-state index contributed by atoms with van der Waals surface area (Å²) in [5, 5.41) is 10.0. The average Bonchev–Trinajstić information content (AvgIpc) is 2.19. The second kappa shape index (κ2) is 4.89. The fourth-order valence-electron chi connectivity index (χ4n) is 1.33. The SMILES string of the molecule is CC(C)OCC(C)(O)c1cccc(F)c1F. The zero-order valence-corrected chi connectivity index (χ0v) is 9.63. The van der Waals surface area contributed by atoms with Gasteiger partial charge < -0.3 is 9.84 Å². The highest BCUT2D eigenvalue weighted by Gasteiger charge is 2.28. The van der Waals surface area contributed by atoms with E-state index in [9.17, 15) is 13.9 Å². The molecule has 0 aliphatic rings. The molecule has 0 aromatic heterocycles. The summed E-state index contributed by atoms with van der Waals surface area (Å²) in [7, 11) is 0. The van der Waals surface area contributed by atoms with E-state index in [-0.39, 0.29) is 18.3 Å². The van der Waals surface area contributed by atoms with Crippen LogP contribution < -0.4 is 0 Å². The molecule has 0 saturated heterocycles. The molecule has 1 aromatic carbocycles. The van der Waals surface area contributed by atoms with E-state index in [1.807, 2.05) is 0 Å². The number of benzene rings is 1. The molecule has 1 aromatic rings. The summed E-state index contributed by atoms with van der Waals surface area (Å²) in [6.45, 7) is 4.92. The molecule has 0 heterocycles. The summed E-state index contributed by atoms with van der Waals surface area (Å²) >= 11 is 0. The molecule has 0 saturated carbocycles. The number of ether oxygens (including phenoxy) is 1. The van der Waals surface area contributed by atoms with Crippen LogP contribution in [0.2, 0.25) is 0 Å². The fraction of sp³-hybridized carbons (Fsp3) is 0.500. The zero-order valence-electron chi connectivity index (χ0n) is 9.63. The third-order valence-electron chi connectivity index (χ3n) is 2.23. The van der Waals surface area contributed by atoms with Crippen LogP contribution >= 0.6 is 0 Å². The maximum atomic E-state index is 13.4. The number of halogens is 2. The van der Waals surface area contributed by atoms with Crippen molar-refractivity contribution in [2.45, 2.75) is 32.5 Å². The van der Waals surface area contributed by atoms with E-state index >= 15 is 0 Å². The van der Waals surface area contributed by atoms with Crippen LogP contribution in [0, 0.1) is 11.6 Å². The summed E-state index contributed by atoms with van der Waals surface area (Å²) in [5.41, 5.74) is -1.62. The lowest BCUT2D eigenvalue weighted by Gasteiger charge is -2.25. The molecule has 4 heteroatoms. The minimum Gasteiger partial charge on any atom is -0.383 e. The van der Waals surface area contributed by atoms with Gasteiger partial charge in [0.25, 0.3) is 0 Å². The maximum Gasteiger partial charge on any atom is 0.164 e. The third kappa shape index (κ3) is 3.00. The monoisotopic (exact) mass is 230 g/mol. The van der Waals surface area contributed by atoms with Gasteiger partial charge in [-0.3, -0.25) is 0 Å². The number of hydrogen-bond donors (Lipinski definition) is 1. The van der Waals surface area contributed by atoms with Gasteiger partial charge in [0.05, 0.1) is 12.7 Å². The zero-order chi connectivity index (χ0) is 12.3. The van der Waals surface area contributed by atoms with Crippen LogP contribution in [-0.2, 0) is 10.3 Å². The summed E-state index contributed by atoms with van der Waals surface area (Å²) in [4.78, 5) is 0. The number of aliphatic hydroxyl groups is 1. The first-order valence-electron chi connectivity index (χ1n) is 5.13. The molecule has 90 valence electrons. The second-order valence-electron chi connectivity index (χ2n) is 4.23. The van der Waals surface area contributed by atoms with Crippen molar-refractivity contribution in [1.29, 1.82) is 0 Å². The Bertz CT molecular complexity index is 362. The Balaban J connectivity index is 2.93. The Morgan fingerprint density at radius 3 is 2.56 bits per heavy atom. The Morgan fingerprint density at radius 2 is 2.00 bits per heavy atom. The number of rotatable bonds is 4. The van der Waals surface area contributed by atoms with Gasteiger partial charge >= 0.3 is 0 Å². The average molecular weight is 230 g/mol. The van der Waals surface area contributed by atoms with Crippen molar-refractivity contribution in [3.05, 3.63) is 35.4 Å². The van der Waals surface area contributed by atoms with Gasteiger partial charge in [-0.15, -0.1) is 0 Å². The summed E-state index contributed by atoms with van der Waals surface area (Å²) in [6.07, 6.45) is -0.0805. The van der Waals surface area contributed by atoms with Crippen molar-refractivity contribution < 1.29 is 18.6 Å². The highest BCUT2D eigenvalue weighted by atomic mass is 19.2. The van der Waals surface area contributed by atoms with Gasteiger partial charge in [-0.25, -0.2) is 8.78 Å². The largest absolute Gasteiger partial charge is 0.383 e. The standard InChI is InChI=1S/C12H16F2O2/c1-8(2)16-7-12(3,15)9-5-4-6-10(13)11(9)14/h4-6,8,15H,7H2,1-3H3. The lowest BCUT2D eigenvalue weighted by Crippen LogP contribution is -2.30. The van der Waals surface area contributed by atoms with Crippen molar-refractivity contribution in [2.24, 2.45) is 0 Å².